The van der Waals surface area contributed by atoms with E-state index in [9.17, 15) is 0 Å². The molecule has 0 saturated carbocycles. The van der Waals surface area contributed by atoms with E-state index in [2.05, 4.69) is 176 Å². The number of hydrogen-bond acceptors (Lipinski definition) is 0. The van der Waals surface area contributed by atoms with Crippen LogP contribution in [0.2, 0.25) is 0 Å². The summed E-state index contributed by atoms with van der Waals surface area (Å²) < 4.78 is 0. The van der Waals surface area contributed by atoms with Gasteiger partial charge in [-0.05, 0) is 90.5 Å². The van der Waals surface area contributed by atoms with Gasteiger partial charge in [0, 0.05) is 0 Å². The van der Waals surface area contributed by atoms with Crippen LogP contribution in [0.4, 0.5) is 0 Å². The lowest BCUT2D eigenvalue weighted by Crippen LogP contribution is -2.20. The third kappa shape index (κ3) is 4.71. The molecule has 8 aromatic rings. The summed E-state index contributed by atoms with van der Waals surface area (Å²) in [5.41, 5.74) is 4.96. The molecule has 0 fully saturated rings. The molecule has 0 N–H and O–H groups in total. The van der Waals surface area contributed by atoms with E-state index in [1.54, 1.807) is 0 Å². The Hall–Kier alpha value is -5.03. The van der Waals surface area contributed by atoms with E-state index in [0.717, 1.165) is 0 Å². The van der Waals surface area contributed by atoms with Crippen molar-refractivity contribution in [2.75, 3.05) is 0 Å². The molecule has 43 heavy (non-hydrogen) atoms. The Morgan fingerprint density at radius 3 is 1.16 bits per heavy atom. The second-order valence-electron chi connectivity index (χ2n) is 11.0. The topological polar surface area (TPSA) is 0 Å². The van der Waals surface area contributed by atoms with Crippen LogP contribution >= 0.6 is 7.92 Å². The third-order valence-corrected chi connectivity index (χ3v) is 10.9. The largest absolute Gasteiger partial charge is 0.0622 e. The zero-order chi connectivity index (χ0) is 28.6. The highest BCUT2D eigenvalue weighted by Gasteiger charge is 2.17. The van der Waals surface area contributed by atoms with Crippen LogP contribution < -0.4 is 15.9 Å². The minimum Gasteiger partial charge on any atom is -0.0622 e. The molecule has 0 bridgehead atoms. The Bertz CT molecular complexity index is 2140. The lowest BCUT2D eigenvalue weighted by atomic mass is 9.92. The van der Waals surface area contributed by atoms with Gasteiger partial charge in [-0.2, -0.15) is 0 Å². The van der Waals surface area contributed by atoms with Gasteiger partial charge < -0.3 is 0 Å². The Morgan fingerprint density at radius 2 is 0.628 bits per heavy atom. The van der Waals surface area contributed by atoms with Crippen molar-refractivity contribution in [3.63, 3.8) is 0 Å². The first-order valence-corrected chi connectivity index (χ1v) is 16.1. The van der Waals surface area contributed by atoms with E-state index >= 15 is 0 Å². The monoisotopic (exact) mass is 564 g/mol. The molecule has 0 aromatic heterocycles. The quantitative estimate of drug-likeness (QED) is 0.144. The summed E-state index contributed by atoms with van der Waals surface area (Å²) in [6, 6.07) is 64.5. The molecular weight excluding hydrogens is 535 g/mol. The zero-order valence-electron chi connectivity index (χ0n) is 23.7. The summed E-state index contributed by atoms with van der Waals surface area (Å²) in [6.45, 7) is 0. The van der Waals surface area contributed by atoms with Crippen LogP contribution in [-0.4, -0.2) is 0 Å². The van der Waals surface area contributed by atoms with Crippen molar-refractivity contribution in [2.45, 2.75) is 0 Å². The lowest BCUT2D eigenvalue weighted by Gasteiger charge is -2.20. The van der Waals surface area contributed by atoms with Crippen molar-refractivity contribution in [1.82, 2.24) is 0 Å². The molecular formula is C42H29P. The van der Waals surface area contributed by atoms with Crippen LogP contribution in [-0.2, 0) is 0 Å². The number of hydrogen-bond donors (Lipinski definition) is 0. The molecule has 1 heteroatoms. The molecule has 0 aliphatic carbocycles. The first-order valence-electron chi connectivity index (χ1n) is 14.8. The first-order chi connectivity index (χ1) is 21.3. The molecule has 0 heterocycles. The molecule has 0 saturated heterocycles. The van der Waals surface area contributed by atoms with Crippen molar-refractivity contribution in [1.29, 1.82) is 0 Å². The average Bonchev–Trinajstić information content (AvgIpc) is 3.09. The van der Waals surface area contributed by atoms with Gasteiger partial charge in [-0.1, -0.05) is 164 Å². The first kappa shape index (κ1) is 25.7. The average molecular weight is 565 g/mol. The minimum absolute atomic E-state index is 0.640. The van der Waals surface area contributed by atoms with Gasteiger partial charge in [-0.25, -0.2) is 0 Å². The van der Waals surface area contributed by atoms with Crippen molar-refractivity contribution in [3.8, 4) is 22.3 Å². The molecule has 202 valence electrons. The van der Waals surface area contributed by atoms with Crippen LogP contribution in [0, 0.1) is 0 Å². The van der Waals surface area contributed by atoms with E-state index in [4.69, 9.17) is 0 Å². The molecule has 0 nitrogen and oxygen atoms in total. The third-order valence-electron chi connectivity index (χ3n) is 8.43. The Kier molecular flexibility index (Phi) is 6.56. The minimum atomic E-state index is -0.640. The fraction of sp³-hybridized carbons (Fsp3) is 0. The van der Waals surface area contributed by atoms with Crippen LogP contribution in [0.5, 0.6) is 0 Å². The normalized spacial score (nSPS) is 11.5. The highest BCUT2D eigenvalue weighted by atomic mass is 31.1. The summed E-state index contributed by atoms with van der Waals surface area (Å²) in [4.78, 5) is 0. The molecule has 8 aromatic carbocycles. The number of rotatable bonds is 5. The maximum Gasteiger partial charge on any atom is -0.00928 e. The Labute approximate surface area is 253 Å². The summed E-state index contributed by atoms with van der Waals surface area (Å²) in [7, 11) is -0.640. The predicted molar refractivity (Wildman–Crippen MR) is 189 cm³/mol. The van der Waals surface area contributed by atoms with Crippen LogP contribution in [0.3, 0.4) is 0 Å². The molecule has 0 amide bonds. The molecule has 0 aliphatic heterocycles. The van der Waals surface area contributed by atoms with Gasteiger partial charge in [0.15, 0.2) is 0 Å². The molecule has 0 aliphatic rings. The van der Waals surface area contributed by atoms with Gasteiger partial charge in [0.25, 0.3) is 0 Å². The van der Waals surface area contributed by atoms with Crippen molar-refractivity contribution >= 4 is 56.2 Å². The zero-order valence-corrected chi connectivity index (χ0v) is 24.6. The Balaban J connectivity index is 1.18. The lowest BCUT2D eigenvalue weighted by molar-refractivity contribution is 1.61. The van der Waals surface area contributed by atoms with Gasteiger partial charge >= 0.3 is 0 Å². The Morgan fingerprint density at radius 1 is 0.233 bits per heavy atom. The van der Waals surface area contributed by atoms with Crippen molar-refractivity contribution in [3.05, 3.63) is 176 Å². The fourth-order valence-electron chi connectivity index (χ4n) is 6.37. The second-order valence-corrected chi connectivity index (χ2v) is 13.2. The van der Waals surface area contributed by atoms with Crippen molar-refractivity contribution in [2.24, 2.45) is 0 Å². The molecule has 8 rings (SSSR count). The van der Waals surface area contributed by atoms with Gasteiger partial charge in [0.1, 0.15) is 0 Å². The van der Waals surface area contributed by atoms with E-state index in [1.807, 2.05) is 0 Å². The van der Waals surface area contributed by atoms with Gasteiger partial charge in [-0.15, -0.1) is 0 Å². The maximum absolute atomic E-state index is 2.38. The standard InChI is InChI=1S/C42H29P/c1-3-13-34(14-4-1)43(35-15-5-2-6-16-35)36-17-11-12-32(28-36)30-22-24-31(25-23-30)33-26-27-41-39-20-8-7-18-37(39)38-19-9-10-21-40(38)42(41)29-33/h1-29H. The fourth-order valence-corrected chi connectivity index (χ4v) is 8.71. The van der Waals surface area contributed by atoms with Gasteiger partial charge in [0.2, 0.25) is 0 Å². The summed E-state index contributed by atoms with van der Waals surface area (Å²) in [5, 5.41) is 11.9. The summed E-state index contributed by atoms with van der Waals surface area (Å²) in [5.74, 6) is 0. The SMILES string of the molecule is c1ccc(P(c2ccccc2)c2cccc(-c3ccc(-c4ccc5c6ccccc6c6ccccc6c5c4)cc3)c2)cc1. The van der Waals surface area contributed by atoms with Crippen molar-refractivity contribution < 1.29 is 0 Å². The highest BCUT2D eigenvalue weighted by molar-refractivity contribution is 7.79. The number of benzene rings is 8. The van der Waals surface area contributed by atoms with E-state index in [1.165, 1.54) is 70.5 Å². The molecule has 0 unspecified atom stereocenters. The van der Waals surface area contributed by atoms with Gasteiger partial charge in [0.05, 0.1) is 0 Å². The molecule has 0 spiro atoms. The predicted octanol–water partition coefficient (Wildman–Crippen LogP) is 10.2. The van der Waals surface area contributed by atoms with E-state index < -0.39 is 7.92 Å². The molecule has 0 radical (unpaired) electrons. The van der Waals surface area contributed by atoms with E-state index in [0.29, 0.717) is 0 Å². The summed E-state index contributed by atoms with van der Waals surface area (Å²) in [6.07, 6.45) is 0. The van der Waals surface area contributed by atoms with Crippen LogP contribution in [0.1, 0.15) is 0 Å². The van der Waals surface area contributed by atoms with E-state index in [-0.39, 0.29) is 0 Å². The van der Waals surface area contributed by atoms with Gasteiger partial charge in [-0.3, -0.25) is 0 Å². The molecule has 0 atom stereocenters. The summed E-state index contributed by atoms with van der Waals surface area (Å²) >= 11 is 0. The highest BCUT2D eigenvalue weighted by Crippen LogP contribution is 2.38. The smallest absolute Gasteiger partial charge is 0.00928 e. The van der Waals surface area contributed by atoms with Crippen LogP contribution in [0.15, 0.2) is 176 Å². The van der Waals surface area contributed by atoms with Crippen LogP contribution in [0.25, 0.3) is 54.6 Å². The second kappa shape index (κ2) is 11.0. The maximum atomic E-state index is 2.38. The number of fused-ring (bicyclic) bond motifs is 6.